The van der Waals surface area contributed by atoms with E-state index >= 15 is 0 Å². The molecule has 1 atom stereocenters. The predicted molar refractivity (Wildman–Crippen MR) is 63.3 cm³/mol. The summed E-state index contributed by atoms with van der Waals surface area (Å²) in [4.78, 5) is 24.0. The van der Waals surface area contributed by atoms with Crippen LogP contribution in [0.5, 0.6) is 0 Å². The first-order valence-corrected chi connectivity index (χ1v) is 6.41. The highest BCUT2D eigenvalue weighted by atomic mass is 19.4. The van der Waals surface area contributed by atoms with Crippen molar-refractivity contribution in [3.8, 4) is 0 Å². The molecule has 4 nitrogen and oxygen atoms in total. The van der Waals surface area contributed by atoms with Gasteiger partial charge in [-0.3, -0.25) is 9.59 Å². The molecule has 1 aliphatic heterocycles. The maximum absolute atomic E-state index is 12.2. The lowest BCUT2D eigenvalue weighted by molar-refractivity contribution is -0.157. The lowest BCUT2D eigenvalue weighted by atomic mass is 10.0. The van der Waals surface area contributed by atoms with Crippen molar-refractivity contribution in [2.24, 2.45) is 5.92 Å². The van der Waals surface area contributed by atoms with E-state index in [1.54, 1.807) is 0 Å². The van der Waals surface area contributed by atoms with Crippen LogP contribution in [-0.4, -0.2) is 42.0 Å². The van der Waals surface area contributed by atoms with E-state index in [1.165, 1.54) is 0 Å². The maximum Gasteiger partial charge on any atom is 0.406 e. The van der Waals surface area contributed by atoms with E-state index in [1.807, 2.05) is 13.8 Å². The lowest BCUT2D eigenvalue weighted by Gasteiger charge is -2.20. The molecule has 0 unspecified atom stereocenters. The maximum atomic E-state index is 12.2. The average Bonchev–Trinajstić information content (AvgIpc) is 2.58. The van der Waals surface area contributed by atoms with Crippen molar-refractivity contribution >= 4 is 11.8 Å². The van der Waals surface area contributed by atoms with Gasteiger partial charge in [0.25, 0.3) is 0 Å². The molecule has 0 saturated carbocycles. The summed E-state index contributed by atoms with van der Waals surface area (Å²) in [5, 5.41) is 2.66. The number of alkyl halides is 3. The molecule has 1 N–H and O–H groups in total. The van der Waals surface area contributed by atoms with Crippen LogP contribution in [0, 0.1) is 5.92 Å². The Morgan fingerprint density at radius 3 is 2.47 bits per heavy atom. The Bertz CT molecular complexity index is 340. The third-order valence-corrected chi connectivity index (χ3v) is 3.29. The summed E-state index contributed by atoms with van der Waals surface area (Å²) in [7, 11) is 0. The Morgan fingerprint density at radius 2 is 2.00 bits per heavy atom. The SMILES string of the molecule is CCC(CC)C(=O)N[C@@H]1CC(=O)N(CC(F)(F)F)C1. The second kappa shape index (κ2) is 6.25. The number of amides is 2. The molecule has 0 radical (unpaired) electrons. The van der Waals surface area contributed by atoms with Gasteiger partial charge in [-0.25, -0.2) is 0 Å². The number of carbonyl (C=O) groups is 2. The van der Waals surface area contributed by atoms with Gasteiger partial charge in [0.15, 0.2) is 0 Å². The van der Waals surface area contributed by atoms with Gasteiger partial charge in [-0.2, -0.15) is 13.2 Å². The van der Waals surface area contributed by atoms with Gasteiger partial charge >= 0.3 is 6.18 Å². The quantitative estimate of drug-likeness (QED) is 0.833. The van der Waals surface area contributed by atoms with E-state index in [0.29, 0.717) is 12.8 Å². The third-order valence-electron chi connectivity index (χ3n) is 3.29. The second-order valence-electron chi connectivity index (χ2n) is 4.81. The van der Waals surface area contributed by atoms with Gasteiger partial charge in [0.05, 0.1) is 6.04 Å². The molecule has 0 spiro atoms. The Labute approximate surface area is 110 Å². The van der Waals surface area contributed by atoms with Gasteiger partial charge in [0, 0.05) is 18.9 Å². The fourth-order valence-electron chi connectivity index (χ4n) is 2.22. The number of carbonyl (C=O) groups excluding carboxylic acids is 2. The largest absolute Gasteiger partial charge is 0.406 e. The van der Waals surface area contributed by atoms with Gasteiger partial charge in [0.2, 0.25) is 11.8 Å². The van der Waals surface area contributed by atoms with Crippen molar-refractivity contribution < 1.29 is 22.8 Å². The molecule has 0 bridgehead atoms. The van der Waals surface area contributed by atoms with E-state index in [9.17, 15) is 22.8 Å². The number of hydrogen-bond acceptors (Lipinski definition) is 2. The second-order valence-corrected chi connectivity index (χ2v) is 4.81. The number of likely N-dealkylation sites (tertiary alicyclic amines) is 1. The van der Waals surface area contributed by atoms with Crippen LogP contribution >= 0.6 is 0 Å². The third kappa shape index (κ3) is 4.72. The Morgan fingerprint density at radius 1 is 1.42 bits per heavy atom. The average molecular weight is 280 g/mol. The molecule has 1 saturated heterocycles. The molecule has 19 heavy (non-hydrogen) atoms. The summed E-state index contributed by atoms with van der Waals surface area (Å²) in [6.07, 6.45) is -3.10. The van der Waals surface area contributed by atoms with Gasteiger partial charge in [-0.15, -0.1) is 0 Å². The highest BCUT2D eigenvalue weighted by Gasteiger charge is 2.38. The van der Waals surface area contributed by atoms with Crippen LogP contribution in [0.2, 0.25) is 0 Å². The van der Waals surface area contributed by atoms with Crippen LogP contribution in [0.15, 0.2) is 0 Å². The van der Waals surface area contributed by atoms with Crippen molar-refractivity contribution in [1.29, 1.82) is 0 Å². The summed E-state index contributed by atoms with van der Waals surface area (Å²) >= 11 is 0. The standard InChI is InChI=1S/C12H19F3N2O2/c1-3-8(4-2)11(19)16-9-5-10(18)17(6-9)7-12(13,14)15/h8-9H,3-7H2,1-2H3,(H,16,19)/t9-/m1/s1. The van der Waals surface area contributed by atoms with Crippen molar-refractivity contribution in [2.75, 3.05) is 13.1 Å². The summed E-state index contributed by atoms with van der Waals surface area (Å²) in [5.74, 6) is -0.893. The molecule has 0 aromatic carbocycles. The van der Waals surface area contributed by atoms with Gasteiger partial charge in [-0.05, 0) is 12.8 Å². The lowest BCUT2D eigenvalue weighted by Crippen LogP contribution is -2.41. The minimum absolute atomic E-state index is 0.0536. The first kappa shape index (κ1) is 15.8. The van der Waals surface area contributed by atoms with E-state index in [0.717, 1.165) is 4.90 Å². The molecule has 7 heteroatoms. The van der Waals surface area contributed by atoms with Gasteiger partial charge in [0.1, 0.15) is 6.54 Å². The van der Waals surface area contributed by atoms with Crippen LogP contribution in [0.4, 0.5) is 13.2 Å². The number of halogens is 3. The number of nitrogens with zero attached hydrogens (tertiary/aromatic N) is 1. The van der Waals surface area contributed by atoms with Crippen molar-refractivity contribution in [3.63, 3.8) is 0 Å². The summed E-state index contributed by atoms with van der Waals surface area (Å²) < 4.78 is 36.7. The number of nitrogens with one attached hydrogen (secondary N) is 1. The molecular weight excluding hydrogens is 261 g/mol. The van der Waals surface area contributed by atoms with Crippen LogP contribution in [0.25, 0.3) is 0 Å². The van der Waals surface area contributed by atoms with E-state index in [2.05, 4.69) is 5.32 Å². The molecule has 110 valence electrons. The summed E-state index contributed by atoms with van der Waals surface area (Å²) in [6.45, 7) is 2.44. The zero-order chi connectivity index (χ0) is 14.6. The van der Waals surface area contributed by atoms with Crippen molar-refractivity contribution in [3.05, 3.63) is 0 Å². The topological polar surface area (TPSA) is 49.4 Å². The minimum atomic E-state index is -4.40. The van der Waals surface area contributed by atoms with Gasteiger partial charge < -0.3 is 10.2 Å². The van der Waals surface area contributed by atoms with Crippen molar-refractivity contribution in [1.82, 2.24) is 10.2 Å². The highest BCUT2D eigenvalue weighted by Crippen LogP contribution is 2.21. The number of hydrogen-bond donors (Lipinski definition) is 1. The fourth-order valence-corrected chi connectivity index (χ4v) is 2.22. The monoisotopic (exact) mass is 280 g/mol. The van der Waals surface area contributed by atoms with Crippen LogP contribution in [0.1, 0.15) is 33.1 Å². The van der Waals surface area contributed by atoms with Crippen LogP contribution < -0.4 is 5.32 Å². The normalized spacial score (nSPS) is 20.2. The molecule has 1 heterocycles. The molecule has 1 fully saturated rings. The first-order chi connectivity index (χ1) is 8.76. The zero-order valence-corrected chi connectivity index (χ0v) is 11.1. The van der Waals surface area contributed by atoms with E-state index in [-0.39, 0.29) is 24.8 Å². The summed E-state index contributed by atoms with van der Waals surface area (Å²) in [6, 6.07) is -0.511. The van der Waals surface area contributed by atoms with Crippen LogP contribution in [0.3, 0.4) is 0 Å². The fraction of sp³-hybridized carbons (Fsp3) is 0.833. The Balaban J connectivity index is 2.51. The smallest absolute Gasteiger partial charge is 0.351 e. The minimum Gasteiger partial charge on any atom is -0.351 e. The molecule has 1 rings (SSSR count). The Hall–Kier alpha value is -1.27. The molecule has 2 amide bonds. The van der Waals surface area contributed by atoms with Gasteiger partial charge in [-0.1, -0.05) is 13.8 Å². The molecule has 0 aromatic rings. The zero-order valence-electron chi connectivity index (χ0n) is 11.1. The molecule has 0 aliphatic carbocycles. The first-order valence-electron chi connectivity index (χ1n) is 6.41. The number of rotatable bonds is 5. The van der Waals surface area contributed by atoms with E-state index in [4.69, 9.17) is 0 Å². The molecule has 1 aliphatic rings. The van der Waals surface area contributed by atoms with E-state index < -0.39 is 24.7 Å². The molecular formula is C12H19F3N2O2. The molecule has 0 aromatic heterocycles. The highest BCUT2D eigenvalue weighted by molar-refractivity contribution is 5.83. The summed E-state index contributed by atoms with van der Waals surface area (Å²) in [5.41, 5.74) is 0. The van der Waals surface area contributed by atoms with Crippen LogP contribution in [-0.2, 0) is 9.59 Å². The predicted octanol–water partition coefficient (Wildman–Crippen LogP) is 1.70. The Kier molecular flexibility index (Phi) is 5.20. The van der Waals surface area contributed by atoms with Crippen molar-refractivity contribution in [2.45, 2.75) is 45.3 Å².